The standard InChI is InChI=1S/C21H32N2O4/c1-17(27-19-9-5-4-8-18(19)25-2)20(24)22-16-21(10-6-3-7-11-21)23-12-14-26-15-13-23/h4-5,8-9,17H,3,6-7,10-16H2,1-2H3,(H,22,24)/t17-/m1/s1. The molecular weight excluding hydrogens is 344 g/mol. The number of ether oxygens (including phenoxy) is 3. The molecule has 0 spiro atoms. The van der Waals surface area contributed by atoms with Crippen LogP contribution in [-0.4, -0.2) is 62.4 Å². The lowest BCUT2D eigenvalue weighted by Gasteiger charge is -2.48. The van der Waals surface area contributed by atoms with Crippen LogP contribution in [0.3, 0.4) is 0 Å². The van der Waals surface area contributed by atoms with Crippen molar-refractivity contribution in [2.75, 3.05) is 40.0 Å². The highest BCUT2D eigenvalue weighted by atomic mass is 16.5. The smallest absolute Gasteiger partial charge is 0.260 e. The molecule has 0 radical (unpaired) electrons. The van der Waals surface area contributed by atoms with Gasteiger partial charge in [0.2, 0.25) is 0 Å². The second-order valence-electron chi connectivity index (χ2n) is 7.51. The molecule has 0 aromatic heterocycles. The molecule has 0 bridgehead atoms. The second-order valence-corrected chi connectivity index (χ2v) is 7.51. The van der Waals surface area contributed by atoms with E-state index in [-0.39, 0.29) is 11.4 Å². The Morgan fingerprint density at radius 3 is 2.52 bits per heavy atom. The number of nitrogens with zero attached hydrogens (tertiary/aromatic N) is 1. The Balaban J connectivity index is 1.59. The Bertz CT molecular complexity index is 610. The Labute approximate surface area is 162 Å². The molecule has 3 rings (SSSR count). The largest absolute Gasteiger partial charge is 0.493 e. The predicted octanol–water partition coefficient (Wildman–Crippen LogP) is 2.61. The first-order valence-electron chi connectivity index (χ1n) is 10.0. The molecule has 150 valence electrons. The van der Waals surface area contributed by atoms with Crippen LogP contribution in [0.4, 0.5) is 0 Å². The van der Waals surface area contributed by atoms with Crippen molar-refractivity contribution in [1.82, 2.24) is 10.2 Å². The SMILES string of the molecule is COc1ccccc1O[C@H](C)C(=O)NCC1(N2CCOCC2)CCCCC1. The molecular formula is C21H32N2O4. The van der Waals surface area contributed by atoms with Crippen LogP contribution in [0.1, 0.15) is 39.0 Å². The van der Waals surface area contributed by atoms with Crippen molar-refractivity contribution in [1.29, 1.82) is 0 Å². The van der Waals surface area contributed by atoms with Crippen LogP contribution in [0.15, 0.2) is 24.3 Å². The highest BCUT2D eigenvalue weighted by Crippen LogP contribution is 2.34. The van der Waals surface area contributed by atoms with Gasteiger partial charge >= 0.3 is 0 Å². The molecule has 1 aliphatic heterocycles. The number of para-hydroxylation sites is 2. The highest BCUT2D eigenvalue weighted by Gasteiger charge is 2.39. The van der Waals surface area contributed by atoms with Crippen LogP contribution in [-0.2, 0) is 9.53 Å². The molecule has 2 fully saturated rings. The van der Waals surface area contributed by atoms with Crippen molar-refractivity contribution < 1.29 is 19.0 Å². The summed E-state index contributed by atoms with van der Waals surface area (Å²) in [7, 11) is 1.60. The number of nitrogens with one attached hydrogen (secondary N) is 1. The molecule has 6 heteroatoms. The number of carbonyl (C=O) groups is 1. The van der Waals surface area contributed by atoms with E-state index in [9.17, 15) is 4.79 Å². The van der Waals surface area contributed by atoms with E-state index in [1.165, 1.54) is 19.3 Å². The number of hydrogen-bond donors (Lipinski definition) is 1. The summed E-state index contributed by atoms with van der Waals surface area (Å²) in [5, 5.41) is 3.16. The van der Waals surface area contributed by atoms with E-state index in [0.29, 0.717) is 18.0 Å². The van der Waals surface area contributed by atoms with E-state index in [0.717, 1.165) is 39.1 Å². The van der Waals surface area contributed by atoms with Gasteiger partial charge in [-0.05, 0) is 31.9 Å². The third-order valence-electron chi connectivity index (χ3n) is 5.80. The molecule has 1 saturated heterocycles. The summed E-state index contributed by atoms with van der Waals surface area (Å²) in [5.74, 6) is 1.14. The van der Waals surface area contributed by atoms with Gasteiger partial charge < -0.3 is 19.5 Å². The zero-order chi connectivity index (χ0) is 19.1. The van der Waals surface area contributed by atoms with Crippen LogP contribution in [0.2, 0.25) is 0 Å². The van der Waals surface area contributed by atoms with Crippen molar-refractivity contribution in [3.63, 3.8) is 0 Å². The van der Waals surface area contributed by atoms with Crippen LogP contribution >= 0.6 is 0 Å². The molecule has 27 heavy (non-hydrogen) atoms. The van der Waals surface area contributed by atoms with Gasteiger partial charge in [-0.3, -0.25) is 9.69 Å². The van der Waals surface area contributed by atoms with Gasteiger partial charge in [-0.2, -0.15) is 0 Å². The quantitative estimate of drug-likeness (QED) is 0.793. The first kappa shape index (κ1) is 20.0. The van der Waals surface area contributed by atoms with Gasteiger partial charge in [-0.25, -0.2) is 0 Å². The summed E-state index contributed by atoms with van der Waals surface area (Å²) in [6.07, 6.45) is 5.42. The monoisotopic (exact) mass is 376 g/mol. The van der Waals surface area contributed by atoms with E-state index < -0.39 is 6.10 Å². The molecule has 0 unspecified atom stereocenters. The van der Waals surface area contributed by atoms with E-state index >= 15 is 0 Å². The van der Waals surface area contributed by atoms with E-state index in [1.54, 1.807) is 14.0 Å². The van der Waals surface area contributed by atoms with Gasteiger partial charge in [-0.1, -0.05) is 31.4 Å². The summed E-state index contributed by atoms with van der Waals surface area (Å²) >= 11 is 0. The van der Waals surface area contributed by atoms with E-state index in [4.69, 9.17) is 14.2 Å². The Kier molecular flexibility index (Phi) is 6.96. The van der Waals surface area contributed by atoms with Crippen molar-refractivity contribution in [3.8, 4) is 11.5 Å². The van der Waals surface area contributed by atoms with Gasteiger partial charge in [0.25, 0.3) is 5.91 Å². The number of methoxy groups -OCH3 is 1. The predicted molar refractivity (Wildman–Crippen MR) is 104 cm³/mol. The third-order valence-corrected chi connectivity index (χ3v) is 5.80. The molecule has 1 N–H and O–H groups in total. The van der Waals surface area contributed by atoms with Gasteiger partial charge in [0.05, 0.1) is 20.3 Å². The highest BCUT2D eigenvalue weighted by molar-refractivity contribution is 5.80. The van der Waals surface area contributed by atoms with Crippen LogP contribution in [0.25, 0.3) is 0 Å². The van der Waals surface area contributed by atoms with Gasteiger partial charge in [0.1, 0.15) is 0 Å². The molecule has 1 heterocycles. The summed E-state index contributed by atoms with van der Waals surface area (Å²) in [5.41, 5.74) is 0.0574. The Morgan fingerprint density at radius 1 is 1.19 bits per heavy atom. The van der Waals surface area contributed by atoms with E-state index in [1.807, 2.05) is 24.3 Å². The molecule has 1 aliphatic carbocycles. The number of hydrogen-bond acceptors (Lipinski definition) is 5. The van der Waals surface area contributed by atoms with Gasteiger partial charge in [-0.15, -0.1) is 0 Å². The first-order valence-corrected chi connectivity index (χ1v) is 10.0. The normalized spacial score (nSPS) is 21.3. The van der Waals surface area contributed by atoms with Crippen molar-refractivity contribution in [2.45, 2.75) is 50.7 Å². The molecule has 1 saturated carbocycles. The minimum atomic E-state index is -0.577. The third kappa shape index (κ3) is 4.93. The zero-order valence-corrected chi connectivity index (χ0v) is 16.5. The number of morpholine rings is 1. The average molecular weight is 376 g/mol. The van der Waals surface area contributed by atoms with Crippen molar-refractivity contribution in [3.05, 3.63) is 24.3 Å². The maximum atomic E-state index is 12.7. The summed E-state index contributed by atoms with van der Waals surface area (Å²) in [6.45, 7) is 5.91. The summed E-state index contributed by atoms with van der Waals surface area (Å²) in [6, 6.07) is 7.40. The maximum Gasteiger partial charge on any atom is 0.260 e. The van der Waals surface area contributed by atoms with Crippen LogP contribution in [0, 0.1) is 0 Å². The van der Waals surface area contributed by atoms with Crippen molar-refractivity contribution >= 4 is 5.91 Å². The fourth-order valence-electron chi connectivity index (χ4n) is 4.21. The number of rotatable bonds is 7. The minimum Gasteiger partial charge on any atom is -0.493 e. The van der Waals surface area contributed by atoms with Crippen LogP contribution in [0.5, 0.6) is 11.5 Å². The molecule has 6 nitrogen and oxygen atoms in total. The fraction of sp³-hybridized carbons (Fsp3) is 0.667. The summed E-state index contributed by atoms with van der Waals surface area (Å²) in [4.78, 5) is 15.2. The minimum absolute atomic E-state index is 0.0574. The molecule has 1 aromatic carbocycles. The topological polar surface area (TPSA) is 60.0 Å². The van der Waals surface area contributed by atoms with Gasteiger partial charge in [0.15, 0.2) is 17.6 Å². The molecule has 1 aromatic rings. The Morgan fingerprint density at radius 2 is 1.85 bits per heavy atom. The second kappa shape index (κ2) is 9.42. The Hall–Kier alpha value is -1.79. The molecule has 1 atom stereocenters. The van der Waals surface area contributed by atoms with Crippen molar-refractivity contribution in [2.24, 2.45) is 0 Å². The summed E-state index contributed by atoms with van der Waals surface area (Å²) < 4.78 is 16.7. The van der Waals surface area contributed by atoms with E-state index in [2.05, 4.69) is 10.2 Å². The average Bonchev–Trinajstić information content (AvgIpc) is 2.73. The van der Waals surface area contributed by atoms with Gasteiger partial charge in [0, 0.05) is 25.2 Å². The number of carbonyl (C=O) groups excluding carboxylic acids is 1. The lowest BCUT2D eigenvalue weighted by molar-refractivity contribution is -0.128. The maximum absolute atomic E-state index is 12.7. The zero-order valence-electron chi connectivity index (χ0n) is 16.5. The molecule has 1 amide bonds. The first-order chi connectivity index (χ1) is 13.1. The lowest BCUT2D eigenvalue weighted by atomic mass is 9.79. The fourth-order valence-corrected chi connectivity index (χ4v) is 4.21. The number of amides is 1. The number of benzene rings is 1. The van der Waals surface area contributed by atoms with Crippen LogP contribution < -0.4 is 14.8 Å². The molecule has 2 aliphatic rings. The lowest BCUT2D eigenvalue weighted by Crippen LogP contribution is -2.60.